The van der Waals surface area contributed by atoms with Gasteiger partial charge < -0.3 is 14.5 Å². The molecule has 0 spiro atoms. The van der Waals surface area contributed by atoms with Crippen molar-refractivity contribution in [1.29, 1.82) is 0 Å². The number of hydrogen-bond acceptors (Lipinski definition) is 3. The van der Waals surface area contributed by atoms with Gasteiger partial charge in [-0.25, -0.2) is 0 Å². The Hall–Kier alpha value is -1.75. The van der Waals surface area contributed by atoms with Crippen LogP contribution < -0.4 is 9.64 Å². The number of carbonyl (C=O) groups is 2. The fourth-order valence-electron chi connectivity index (χ4n) is 2.45. The molecule has 1 aliphatic rings. The zero-order chi connectivity index (χ0) is 15.6. The molecule has 0 saturated carbocycles. The number of rotatable bonds is 4. The number of amides is 2. The van der Waals surface area contributed by atoms with E-state index in [0.29, 0.717) is 29.5 Å². The van der Waals surface area contributed by atoms with E-state index in [0.717, 1.165) is 0 Å². The molecule has 1 atom stereocenters. The molecule has 1 saturated heterocycles. The molecule has 1 fully saturated rings. The molecule has 2 rings (SSSR count). The van der Waals surface area contributed by atoms with Crippen molar-refractivity contribution in [2.75, 3.05) is 32.1 Å². The lowest BCUT2D eigenvalue weighted by atomic mass is 10.1. The minimum Gasteiger partial charge on any atom is -0.495 e. The maximum Gasteiger partial charge on any atom is 0.227 e. The van der Waals surface area contributed by atoms with Gasteiger partial charge in [-0.05, 0) is 25.1 Å². The first kappa shape index (κ1) is 15.6. The smallest absolute Gasteiger partial charge is 0.227 e. The van der Waals surface area contributed by atoms with E-state index in [9.17, 15) is 9.59 Å². The molecule has 6 heteroatoms. The minimum absolute atomic E-state index is 0.00524. The quantitative estimate of drug-likeness (QED) is 0.856. The van der Waals surface area contributed by atoms with E-state index in [1.54, 1.807) is 42.2 Å². The highest BCUT2D eigenvalue weighted by Gasteiger charge is 2.37. The number of hydrogen-bond donors (Lipinski definition) is 0. The molecule has 1 aromatic rings. The Kier molecular flexibility index (Phi) is 4.73. The summed E-state index contributed by atoms with van der Waals surface area (Å²) < 4.78 is 5.28. The highest BCUT2D eigenvalue weighted by molar-refractivity contribution is 6.31. The number of ether oxygens (including phenoxy) is 1. The predicted molar refractivity (Wildman–Crippen MR) is 81.8 cm³/mol. The highest BCUT2D eigenvalue weighted by Crippen LogP contribution is 2.35. The Labute approximate surface area is 129 Å². The molecule has 21 heavy (non-hydrogen) atoms. The van der Waals surface area contributed by atoms with Gasteiger partial charge in [0.05, 0.1) is 18.7 Å². The van der Waals surface area contributed by atoms with Crippen molar-refractivity contribution in [3.63, 3.8) is 0 Å². The van der Waals surface area contributed by atoms with Crippen molar-refractivity contribution < 1.29 is 14.3 Å². The molecular weight excluding hydrogens is 292 g/mol. The van der Waals surface area contributed by atoms with Crippen LogP contribution in [0, 0.1) is 5.92 Å². The fraction of sp³-hybridized carbons (Fsp3) is 0.467. The third-order valence-electron chi connectivity index (χ3n) is 3.76. The molecule has 0 aliphatic carbocycles. The van der Waals surface area contributed by atoms with Crippen molar-refractivity contribution in [2.45, 2.75) is 13.3 Å². The van der Waals surface area contributed by atoms with E-state index in [-0.39, 0.29) is 24.2 Å². The summed E-state index contributed by atoms with van der Waals surface area (Å²) in [5.74, 6) is 0.170. The first-order chi connectivity index (χ1) is 9.97. The predicted octanol–water partition coefficient (Wildman–Crippen LogP) is 2.18. The SMILES string of the molecule is CCN(C)C(=O)C1CC(=O)N(c2cc(Cl)ccc2OC)C1. The second kappa shape index (κ2) is 6.35. The van der Waals surface area contributed by atoms with Crippen LogP contribution in [0.1, 0.15) is 13.3 Å². The largest absolute Gasteiger partial charge is 0.495 e. The van der Waals surface area contributed by atoms with Crippen molar-refractivity contribution in [1.82, 2.24) is 4.90 Å². The average molecular weight is 311 g/mol. The molecular formula is C15H19ClN2O3. The number of nitrogens with zero attached hydrogens (tertiary/aromatic N) is 2. The Morgan fingerprint density at radius 1 is 1.52 bits per heavy atom. The van der Waals surface area contributed by atoms with Gasteiger partial charge in [0, 0.05) is 31.6 Å². The molecule has 1 aliphatic heterocycles. The summed E-state index contributed by atoms with van der Waals surface area (Å²) in [6.45, 7) is 2.90. The molecule has 1 aromatic carbocycles. The van der Waals surface area contributed by atoms with Crippen LogP contribution in [0.5, 0.6) is 5.75 Å². The average Bonchev–Trinajstić information content (AvgIpc) is 2.87. The summed E-state index contributed by atoms with van der Waals surface area (Å²) in [6, 6.07) is 5.12. The maximum absolute atomic E-state index is 12.2. The van der Waals surface area contributed by atoms with Crippen LogP contribution in [0.15, 0.2) is 18.2 Å². The number of halogens is 1. The summed E-state index contributed by atoms with van der Waals surface area (Å²) >= 11 is 6.00. The van der Waals surface area contributed by atoms with Crippen LogP contribution in [0.25, 0.3) is 0 Å². The lowest BCUT2D eigenvalue weighted by Gasteiger charge is -2.21. The van der Waals surface area contributed by atoms with Gasteiger partial charge in [0.15, 0.2) is 0 Å². The van der Waals surface area contributed by atoms with Crippen LogP contribution >= 0.6 is 11.6 Å². The fourth-order valence-corrected chi connectivity index (χ4v) is 2.61. The number of carbonyl (C=O) groups excluding carboxylic acids is 2. The van der Waals surface area contributed by atoms with Gasteiger partial charge in [-0.2, -0.15) is 0 Å². The van der Waals surface area contributed by atoms with E-state index < -0.39 is 0 Å². The van der Waals surface area contributed by atoms with E-state index in [1.807, 2.05) is 6.92 Å². The highest BCUT2D eigenvalue weighted by atomic mass is 35.5. The standard InChI is InChI=1S/C15H19ClN2O3/c1-4-17(2)15(20)10-7-14(19)18(9-10)12-8-11(16)5-6-13(12)21-3/h5-6,8,10H,4,7,9H2,1-3H3. The molecule has 114 valence electrons. The van der Waals surface area contributed by atoms with Crippen molar-refractivity contribution in [3.05, 3.63) is 23.2 Å². The van der Waals surface area contributed by atoms with E-state index >= 15 is 0 Å². The van der Waals surface area contributed by atoms with Gasteiger partial charge in [0.1, 0.15) is 5.75 Å². The third-order valence-corrected chi connectivity index (χ3v) is 3.99. The molecule has 1 heterocycles. The Balaban J connectivity index is 2.25. The minimum atomic E-state index is -0.314. The maximum atomic E-state index is 12.2. The van der Waals surface area contributed by atoms with Crippen LogP contribution in [0.2, 0.25) is 5.02 Å². The van der Waals surface area contributed by atoms with Gasteiger partial charge >= 0.3 is 0 Å². The van der Waals surface area contributed by atoms with Gasteiger partial charge in [0.25, 0.3) is 0 Å². The lowest BCUT2D eigenvalue weighted by Crippen LogP contribution is -2.34. The molecule has 0 bridgehead atoms. The first-order valence-corrected chi connectivity index (χ1v) is 7.24. The summed E-state index contributed by atoms with van der Waals surface area (Å²) in [7, 11) is 3.29. The summed E-state index contributed by atoms with van der Waals surface area (Å²) in [6.07, 6.45) is 0.221. The first-order valence-electron chi connectivity index (χ1n) is 6.86. The van der Waals surface area contributed by atoms with E-state index in [2.05, 4.69) is 0 Å². The van der Waals surface area contributed by atoms with Gasteiger partial charge in [-0.15, -0.1) is 0 Å². The number of anilines is 1. The monoisotopic (exact) mass is 310 g/mol. The summed E-state index contributed by atoms with van der Waals surface area (Å²) in [5.41, 5.74) is 0.615. The Morgan fingerprint density at radius 2 is 2.24 bits per heavy atom. The second-order valence-corrected chi connectivity index (χ2v) is 5.51. The van der Waals surface area contributed by atoms with E-state index in [4.69, 9.17) is 16.3 Å². The number of methoxy groups -OCH3 is 1. The topological polar surface area (TPSA) is 49.9 Å². The summed E-state index contributed by atoms with van der Waals surface area (Å²) in [5, 5.41) is 0.527. The van der Waals surface area contributed by atoms with Crippen molar-refractivity contribution in [2.24, 2.45) is 5.92 Å². The molecule has 1 unspecified atom stereocenters. The van der Waals surface area contributed by atoms with Crippen molar-refractivity contribution >= 4 is 29.1 Å². The van der Waals surface area contributed by atoms with Gasteiger partial charge in [-0.1, -0.05) is 11.6 Å². The van der Waals surface area contributed by atoms with Crippen LogP contribution in [-0.2, 0) is 9.59 Å². The molecule has 0 aromatic heterocycles. The van der Waals surface area contributed by atoms with E-state index in [1.165, 1.54) is 0 Å². The second-order valence-electron chi connectivity index (χ2n) is 5.07. The molecule has 0 radical (unpaired) electrons. The zero-order valence-electron chi connectivity index (χ0n) is 12.4. The summed E-state index contributed by atoms with van der Waals surface area (Å²) in [4.78, 5) is 27.7. The molecule has 0 N–H and O–H groups in total. The Bertz CT molecular complexity index is 562. The molecule has 2 amide bonds. The van der Waals surface area contributed by atoms with Crippen LogP contribution in [-0.4, -0.2) is 44.0 Å². The van der Waals surface area contributed by atoms with Crippen molar-refractivity contribution in [3.8, 4) is 5.75 Å². The molecule has 5 nitrogen and oxygen atoms in total. The lowest BCUT2D eigenvalue weighted by molar-refractivity contribution is -0.134. The third kappa shape index (κ3) is 3.13. The van der Waals surface area contributed by atoms with Crippen LogP contribution in [0.4, 0.5) is 5.69 Å². The normalized spacial score (nSPS) is 18.0. The zero-order valence-corrected chi connectivity index (χ0v) is 13.2. The van der Waals surface area contributed by atoms with Gasteiger partial charge in [-0.3, -0.25) is 9.59 Å². The van der Waals surface area contributed by atoms with Crippen LogP contribution in [0.3, 0.4) is 0 Å². The Morgan fingerprint density at radius 3 is 2.86 bits per heavy atom. The van der Waals surface area contributed by atoms with Gasteiger partial charge in [0.2, 0.25) is 11.8 Å². The number of benzene rings is 1.